The van der Waals surface area contributed by atoms with Gasteiger partial charge in [-0.1, -0.05) is 13.8 Å². The molecule has 0 aromatic rings. The largest absolute Gasteiger partial charge is 0.481 e. The average Bonchev–Trinajstić information content (AvgIpc) is 2.79. The van der Waals surface area contributed by atoms with Crippen molar-refractivity contribution in [1.82, 2.24) is 0 Å². The van der Waals surface area contributed by atoms with Crippen molar-refractivity contribution in [2.75, 3.05) is 0 Å². The summed E-state index contributed by atoms with van der Waals surface area (Å²) in [6, 6.07) is 0. The van der Waals surface area contributed by atoms with Crippen molar-refractivity contribution in [3.8, 4) is 0 Å². The fourth-order valence-electron chi connectivity index (χ4n) is 5.79. The zero-order chi connectivity index (χ0) is 17.0. The number of aliphatic hydroxyl groups excluding tert-OH is 1. The van der Waals surface area contributed by atoms with Gasteiger partial charge in [-0.05, 0) is 55.3 Å². The first-order valence-electron chi connectivity index (χ1n) is 8.67. The van der Waals surface area contributed by atoms with Crippen LogP contribution in [0, 0.1) is 28.6 Å². The van der Waals surface area contributed by atoms with Crippen LogP contribution in [0.5, 0.6) is 0 Å². The van der Waals surface area contributed by atoms with E-state index in [1.165, 1.54) is 0 Å². The summed E-state index contributed by atoms with van der Waals surface area (Å²) in [7, 11) is 0. The molecule has 6 atom stereocenters. The predicted octanol–water partition coefficient (Wildman–Crippen LogP) is 2.20. The second kappa shape index (κ2) is 5.40. The van der Waals surface area contributed by atoms with E-state index < -0.39 is 11.4 Å². The van der Waals surface area contributed by atoms with Crippen molar-refractivity contribution in [1.29, 1.82) is 0 Å². The van der Waals surface area contributed by atoms with E-state index in [-0.39, 0.29) is 60.1 Å². The summed E-state index contributed by atoms with van der Waals surface area (Å²) in [5.41, 5.74) is -1.01. The van der Waals surface area contributed by atoms with Crippen LogP contribution >= 0.6 is 0 Å². The van der Waals surface area contributed by atoms with E-state index in [1.54, 1.807) is 6.92 Å². The molecule has 3 rings (SSSR count). The number of carboxylic acids is 1. The van der Waals surface area contributed by atoms with E-state index in [0.29, 0.717) is 0 Å². The first kappa shape index (κ1) is 16.6. The maximum Gasteiger partial charge on any atom is 0.303 e. The molecule has 3 aliphatic rings. The SMILES string of the molecule is CC1(CCC(=O)O)C(=O)C(=O)CC2C1CCC1(C)C(O)CCC21. The fraction of sp³-hybridized carbons (Fsp3) is 0.833. The molecule has 5 heteroatoms. The maximum atomic E-state index is 12.6. The van der Waals surface area contributed by atoms with Gasteiger partial charge in [0, 0.05) is 18.3 Å². The first-order chi connectivity index (χ1) is 10.7. The molecular formula is C18H26O5. The highest BCUT2D eigenvalue weighted by Gasteiger charge is 2.61. The summed E-state index contributed by atoms with van der Waals surface area (Å²) in [4.78, 5) is 35.9. The van der Waals surface area contributed by atoms with Gasteiger partial charge in [-0.25, -0.2) is 0 Å². The molecule has 3 aliphatic carbocycles. The van der Waals surface area contributed by atoms with Gasteiger partial charge in [0.25, 0.3) is 0 Å². The smallest absolute Gasteiger partial charge is 0.303 e. The molecule has 128 valence electrons. The zero-order valence-electron chi connectivity index (χ0n) is 13.9. The molecule has 3 saturated carbocycles. The molecule has 0 heterocycles. The van der Waals surface area contributed by atoms with E-state index in [2.05, 4.69) is 6.92 Å². The Morgan fingerprint density at radius 3 is 2.52 bits per heavy atom. The van der Waals surface area contributed by atoms with Crippen molar-refractivity contribution in [2.45, 2.75) is 64.9 Å². The molecule has 3 fully saturated rings. The maximum absolute atomic E-state index is 12.6. The van der Waals surface area contributed by atoms with E-state index in [1.807, 2.05) is 0 Å². The topological polar surface area (TPSA) is 91.7 Å². The zero-order valence-corrected chi connectivity index (χ0v) is 13.9. The summed E-state index contributed by atoms with van der Waals surface area (Å²) in [5, 5.41) is 19.4. The van der Waals surface area contributed by atoms with Crippen molar-refractivity contribution in [3.63, 3.8) is 0 Å². The van der Waals surface area contributed by atoms with Crippen LogP contribution in [-0.2, 0) is 14.4 Å². The third-order valence-electron chi connectivity index (χ3n) is 7.26. The summed E-state index contributed by atoms with van der Waals surface area (Å²) in [6.07, 6.45) is 3.41. The van der Waals surface area contributed by atoms with Gasteiger partial charge in [0.2, 0.25) is 5.78 Å². The van der Waals surface area contributed by atoms with Gasteiger partial charge in [0.1, 0.15) is 0 Å². The Bertz CT molecular complexity index is 556. The van der Waals surface area contributed by atoms with Crippen LogP contribution < -0.4 is 0 Å². The van der Waals surface area contributed by atoms with Crippen LogP contribution in [0.15, 0.2) is 0 Å². The second-order valence-corrected chi connectivity index (χ2v) is 8.28. The number of carboxylic acid groups (broad SMARTS) is 1. The summed E-state index contributed by atoms with van der Waals surface area (Å²) in [6.45, 7) is 3.90. The number of rotatable bonds is 3. The number of Topliss-reactive ketones (excluding diaryl/α,β-unsaturated/α-hetero) is 2. The fourth-order valence-corrected chi connectivity index (χ4v) is 5.79. The molecule has 0 spiro atoms. The molecule has 0 bridgehead atoms. The summed E-state index contributed by atoms with van der Waals surface area (Å²) < 4.78 is 0. The highest BCUT2D eigenvalue weighted by atomic mass is 16.4. The number of carbonyl (C=O) groups is 3. The van der Waals surface area contributed by atoms with Crippen LogP contribution in [0.3, 0.4) is 0 Å². The van der Waals surface area contributed by atoms with Crippen molar-refractivity contribution < 1.29 is 24.6 Å². The number of aliphatic carboxylic acids is 1. The lowest BCUT2D eigenvalue weighted by molar-refractivity contribution is -0.159. The van der Waals surface area contributed by atoms with Gasteiger partial charge in [-0.15, -0.1) is 0 Å². The summed E-state index contributed by atoms with van der Waals surface area (Å²) in [5.74, 6) is -1.21. The van der Waals surface area contributed by atoms with Crippen LogP contribution in [0.4, 0.5) is 0 Å². The van der Waals surface area contributed by atoms with Gasteiger partial charge < -0.3 is 10.2 Å². The molecule has 0 aliphatic heterocycles. The highest BCUT2D eigenvalue weighted by Crippen LogP contribution is 2.62. The van der Waals surface area contributed by atoms with Crippen LogP contribution in [0.25, 0.3) is 0 Å². The van der Waals surface area contributed by atoms with E-state index in [9.17, 15) is 19.5 Å². The monoisotopic (exact) mass is 322 g/mol. The molecular weight excluding hydrogens is 296 g/mol. The molecule has 0 aromatic heterocycles. The number of hydrogen-bond donors (Lipinski definition) is 2. The van der Waals surface area contributed by atoms with Gasteiger partial charge in [0.05, 0.1) is 6.10 Å². The standard InChI is InChI=1S/C18H26O5/c1-17-7-5-12-10(11(17)3-4-14(17)20)9-13(19)16(23)18(12,2)8-6-15(21)22/h10-12,14,20H,3-9H2,1-2H3,(H,21,22). The average molecular weight is 322 g/mol. The Morgan fingerprint density at radius 2 is 1.87 bits per heavy atom. The minimum absolute atomic E-state index is 0.0652. The third-order valence-corrected chi connectivity index (χ3v) is 7.26. The molecule has 23 heavy (non-hydrogen) atoms. The highest BCUT2D eigenvalue weighted by molar-refractivity contribution is 6.39. The number of ketones is 2. The van der Waals surface area contributed by atoms with Crippen molar-refractivity contribution in [2.24, 2.45) is 28.6 Å². The van der Waals surface area contributed by atoms with Gasteiger partial charge in [-0.3, -0.25) is 14.4 Å². The van der Waals surface area contributed by atoms with Crippen LogP contribution in [-0.4, -0.2) is 33.9 Å². The summed E-state index contributed by atoms with van der Waals surface area (Å²) >= 11 is 0. The molecule has 0 saturated heterocycles. The lowest BCUT2D eigenvalue weighted by atomic mass is 9.49. The Morgan fingerprint density at radius 1 is 1.17 bits per heavy atom. The lowest BCUT2D eigenvalue weighted by Crippen LogP contribution is -2.55. The van der Waals surface area contributed by atoms with Crippen LogP contribution in [0.1, 0.15) is 58.8 Å². The second-order valence-electron chi connectivity index (χ2n) is 8.28. The quantitative estimate of drug-likeness (QED) is 0.777. The Balaban J connectivity index is 1.93. The number of aliphatic hydroxyl groups is 1. The number of carbonyl (C=O) groups excluding carboxylic acids is 2. The van der Waals surface area contributed by atoms with Gasteiger partial charge in [0.15, 0.2) is 5.78 Å². The van der Waals surface area contributed by atoms with E-state index >= 15 is 0 Å². The van der Waals surface area contributed by atoms with E-state index in [0.717, 1.165) is 25.7 Å². The van der Waals surface area contributed by atoms with Gasteiger partial charge >= 0.3 is 5.97 Å². The third kappa shape index (κ3) is 2.35. The molecule has 0 amide bonds. The minimum atomic E-state index is -0.925. The van der Waals surface area contributed by atoms with Crippen molar-refractivity contribution >= 4 is 17.5 Å². The molecule has 6 unspecified atom stereocenters. The van der Waals surface area contributed by atoms with Crippen LogP contribution in [0.2, 0.25) is 0 Å². The molecule has 2 N–H and O–H groups in total. The Hall–Kier alpha value is -1.23. The number of hydrogen-bond acceptors (Lipinski definition) is 4. The Kier molecular flexibility index (Phi) is 3.90. The Labute approximate surface area is 136 Å². The molecule has 0 radical (unpaired) electrons. The van der Waals surface area contributed by atoms with Gasteiger partial charge in [-0.2, -0.15) is 0 Å². The lowest BCUT2D eigenvalue weighted by Gasteiger charge is -2.54. The molecule has 0 aromatic carbocycles. The minimum Gasteiger partial charge on any atom is -0.481 e. The molecule has 5 nitrogen and oxygen atoms in total. The first-order valence-corrected chi connectivity index (χ1v) is 8.67. The number of fused-ring (bicyclic) bond motifs is 3. The van der Waals surface area contributed by atoms with Crippen molar-refractivity contribution in [3.05, 3.63) is 0 Å². The normalized spacial score (nSPS) is 46.4. The van der Waals surface area contributed by atoms with E-state index in [4.69, 9.17) is 5.11 Å². The predicted molar refractivity (Wildman–Crippen MR) is 82.7 cm³/mol.